The smallest absolute Gasteiger partial charge is 0.442 e. The summed E-state index contributed by atoms with van der Waals surface area (Å²) in [6.07, 6.45) is -21.3. The standard InChI is InChI=1S/C22H23F7N3O9P/c1-11(16(35)40-17(21(24,25)26)22(27,28)29)31-42(37,41-12-6-4-3-5-7-12)38-10-13-15(34)20(2,23)18(39-13)32-9-8-14(33)30-19(32)36/h3-9,11,13,15,17-18,34H,10H2,1-2H3,(H,31,37)(H,30,33,36)/t11-,13+,15+,18+,20?,42?/m0/s1. The van der Waals surface area contributed by atoms with Crippen LogP contribution in [0.5, 0.6) is 5.75 Å². The van der Waals surface area contributed by atoms with Crippen LogP contribution in [-0.2, 0) is 23.4 Å². The molecule has 2 heterocycles. The number of aliphatic hydroxyl groups excluding tert-OH is 1. The number of hydrogen-bond acceptors (Lipinski definition) is 9. The minimum atomic E-state index is -6.02. The molecule has 0 aliphatic carbocycles. The molecule has 0 radical (unpaired) electrons. The van der Waals surface area contributed by atoms with E-state index in [9.17, 15) is 50.4 Å². The summed E-state index contributed by atoms with van der Waals surface area (Å²) in [5.74, 6) is -2.35. The molecule has 0 spiro atoms. The third-order valence-corrected chi connectivity index (χ3v) is 7.38. The summed E-state index contributed by atoms with van der Waals surface area (Å²) in [7, 11) is -4.95. The lowest BCUT2D eigenvalue weighted by molar-refractivity contribution is -0.313. The fourth-order valence-corrected chi connectivity index (χ4v) is 5.17. The van der Waals surface area contributed by atoms with Gasteiger partial charge in [-0.25, -0.2) is 13.8 Å². The molecule has 12 nitrogen and oxygen atoms in total. The molecular formula is C22H23F7N3O9P. The third-order valence-electron chi connectivity index (χ3n) is 5.73. The van der Waals surface area contributed by atoms with Crippen LogP contribution in [0.15, 0.2) is 52.2 Å². The molecule has 1 aliphatic heterocycles. The number of aromatic amines is 1. The lowest BCUT2D eigenvalue weighted by Gasteiger charge is -2.27. The lowest BCUT2D eigenvalue weighted by Crippen LogP contribution is -2.48. The van der Waals surface area contributed by atoms with E-state index in [0.717, 1.165) is 19.2 Å². The molecule has 0 amide bonds. The minimum Gasteiger partial charge on any atom is -0.442 e. The van der Waals surface area contributed by atoms with Crippen LogP contribution in [0.3, 0.4) is 0 Å². The lowest BCUT2D eigenvalue weighted by atomic mass is 9.98. The number of esters is 1. The number of para-hydroxylation sites is 1. The predicted octanol–water partition coefficient (Wildman–Crippen LogP) is 2.74. The number of nitrogens with zero attached hydrogens (tertiary/aromatic N) is 1. The van der Waals surface area contributed by atoms with Crippen LogP contribution in [0.4, 0.5) is 30.7 Å². The number of H-pyrrole nitrogens is 1. The van der Waals surface area contributed by atoms with Crippen LogP contribution in [0.1, 0.15) is 20.1 Å². The Balaban J connectivity index is 1.82. The highest BCUT2D eigenvalue weighted by Gasteiger charge is 2.60. The number of ether oxygens (including phenoxy) is 2. The molecule has 2 unspecified atom stereocenters. The van der Waals surface area contributed by atoms with Gasteiger partial charge in [-0.05, 0) is 26.0 Å². The maximum absolute atomic E-state index is 15.4. The Bertz CT molecular complexity index is 1400. The first-order valence-corrected chi connectivity index (χ1v) is 13.2. The molecule has 42 heavy (non-hydrogen) atoms. The van der Waals surface area contributed by atoms with Crippen molar-refractivity contribution in [3.05, 3.63) is 63.4 Å². The summed E-state index contributed by atoms with van der Waals surface area (Å²) >= 11 is 0. The molecule has 1 saturated heterocycles. The van der Waals surface area contributed by atoms with Crippen LogP contribution in [0.2, 0.25) is 0 Å². The average molecular weight is 637 g/mol. The highest BCUT2D eigenvalue weighted by Crippen LogP contribution is 2.47. The molecule has 1 fully saturated rings. The van der Waals surface area contributed by atoms with Gasteiger partial charge in [0.1, 0.15) is 24.0 Å². The molecule has 3 N–H and O–H groups in total. The minimum absolute atomic E-state index is 0.210. The SMILES string of the molecule is C[C@H](NP(=O)(OC[C@H]1O[C@@H](n2ccc(=O)[nH]c2=O)C(C)(F)[C@@H]1O)Oc1ccccc1)C(=O)OC(C(F)(F)F)C(F)(F)F. The van der Waals surface area contributed by atoms with Crippen LogP contribution >= 0.6 is 7.75 Å². The molecule has 234 valence electrons. The Morgan fingerprint density at radius 3 is 2.31 bits per heavy atom. The second kappa shape index (κ2) is 12.2. The molecule has 1 aromatic heterocycles. The summed E-state index contributed by atoms with van der Waals surface area (Å²) in [4.78, 5) is 37.5. The van der Waals surface area contributed by atoms with Crippen LogP contribution in [-0.4, -0.2) is 69.6 Å². The Labute approximate surface area is 230 Å². The van der Waals surface area contributed by atoms with E-state index in [1.54, 1.807) is 0 Å². The number of hydrogen-bond donors (Lipinski definition) is 3. The van der Waals surface area contributed by atoms with Gasteiger partial charge in [-0.15, -0.1) is 0 Å². The molecular weight excluding hydrogens is 614 g/mol. The normalized spacial score (nSPS) is 25.2. The van der Waals surface area contributed by atoms with Crippen molar-refractivity contribution in [3.63, 3.8) is 0 Å². The number of carbonyl (C=O) groups excluding carboxylic acids is 1. The van der Waals surface area contributed by atoms with Gasteiger partial charge < -0.3 is 19.1 Å². The van der Waals surface area contributed by atoms with Gasteiger partial charge in [0.15, 0.2) is 11.9 Å². The fourth-order valence-electron chi connectivity index (χ4n) is 3.67. The van der Waals surface area contributed by atoms with Gasteiger partial charge in [0.05, 0.1) is 6.61 Å². The Morgan fingerprint density at radius 2 is 1.76 bits per heavy atom. The summed E-state index contributed by atoms with van der Waals surface area (Å²) in [6, 6.07) is 5.43. The number of benzene rings is 1. The zero-order chi connectivity index (χ0) is 31.7. The zero-order valence-corrected chi connectivity index (χ0v) is 22.3. The highest BCUT2D eigenvalue weighted by atomic mass is 31.2. The highest BCUT2D eigenvalue weighted by molar-refractivity contribution is 7.52. The van der Waals surface area contributed by atoms with Crippen molar-refractivity contribution >= 4 is 13.7 Å². The topological polar surface area (TPSA) is 158 Å². The number of rotatable bonds is 10. The summed E-state index contributed by atoms with van der Waals surface area (Å²) in [5.41, 5.74) is -4.63. The van der Waals surface area contributed by atoms with Crippen molar-refractivity contribution in [3.8, 4) is 5.75 Å². The van der Waals surface area contributed by atoms with Crippen LogP contribution in [0.25, 0.3) is 0 Å². The van der Waals surface area contributed by atoms with E-state index in [0.29, 0.717) is 11.5 Å². The monoisotopic (exact) mass is 637 g/mol. The van der Waals surface area contributed by atoms with E-state index in [2.05, 4.69) is 4.74 Å². The van der Waals surface area contributed by atoms with Gasteiger partial charge in [-0.2, -0.15) is 31.4 Å². The Morgan fingerprint density at radius 1 is 1.17 bits per heavy atom. The van der Waals surface area contributed by atoms with Gasteiger partial charge in [-0.3, -0.25) is 23.7 Å². The van der Waals surface area contributed by atoms with E-state index in [-0.39, 0.29) is 5.75 Å². The van der Waals surface area contributed by atoms with Crippen molar-refractivity contribution in [1.82, 2.24) is 14.6 Å². The first-order valence-electron chi connectivity index (χ1n) is 11.7. The molecule has 20 heteroatoms. The molecule has 1 aliphatic rings. The largest absolute Gasteiger partial charge is 0.459 e. The van der Waals surface area contributed by atoms with Gasteiger partial charge >= 0.3 is 31.8 Å². The van der Waals surface area contributed by atoms with Crippen molar-refractivity contribution in [2.24, 2.45) is 0 Å². The van der Waals surface area contributed by atoms with E-state index >= 15 is 4.39 Å². The van der Waals surface area contributed by atoms with E-state index in [1.165, 1.54) is 30.3 Å². The Kier molecular flexibility index (Phi) is 9.63. The average Bonchev–Trinajstić information content (AvgIpc) is 3.08. The molecule has 6 atom stereocenters. The van der Waals surface area contributed by atoms with Crippen molar-refractivity contribution in [1.29, 1.82) is 0 Å². The number of carbonyl (C=O) groups is 1. The van der Waals surface area contributed by atoms with Crippen LogP contribution in [0, 0.1) is 0 Å². The zero-order valence-electron chi connectivity index (χ0n) is 21.4. The first kappa shape index (κ1) is 33.3. The predicted molar refractivity (Wildman–Crippen MR) is 126 cm³/mol. The molecule has 1 aromatic carbocycles. The summed E-state index contributed by atoms with van der Waals surface area (Å²) in [5, 5.41) is 12.3. The van der Waals surface area contributed by atoms with E-state index in [1.807, 2.05) is 10.1 Å². The third kappa shape index (κ3) is 7.77. The summed E-state index contributed by atoms with van der Waals surface area (Å²) in [6.45, 7) is 0.532. The quantitative estimate of drug-likeness (QED) is 0.201. The number of aromatic nitrogens is 2. The second-order valence-electron chi connectivity index (χ2n) is 9.09. The van der Waals surface area contributed by atoms with E-state index < -0.39 is 80.2 Å². The molecule has 2 aromatic rings. The number of nitrogens with one attached hydrogen (secondary N) is 2. The number of halogens is 7. The molecule has 0 saturated carbocycles. The fraction of sp³-hybridized carbons (Fsp3) is 0.500. The second-order valence-corrected chi connectivity index (χ2v) is 10.8. The van der Waals surface area contributed by atoms with Gasteiger partial charge in [0.2, 0.25) is 0 Å². The van der Waals surface area contributed by atoms with Gasteiger partial charge in [-0.1, -0.05) is 18.2 Å². The van der Waals surface area contributed by atoms with E-state index in [4.69, 9.17) is 13.8 Å². The van der Waals surface area contributed by atoms with Crippen LogP contribution < -0.4 is 20.9 Å². The van der Waals surface area contributed by atoms with Gasteiger partial charge in [0.25, 0.3) is 11.7 Å². The maximum atomic E-state index is 15.4. The molecule has 0 bridgehead atoms. The van der Waals surface area contributed by atoms with Crippen molar-refractivity contribution in [2.75, 3.05) is 6.61 Å². The maximum Gasteiger partial charge on any atom is 0.459 e. The Hall–Kier alpha value is -3.25. The summed E-state index contributed by atoms with van der Waals surface area (Å²) < 4.78 is 126. The van der Waals surface area contributed by atoms with Crippen molar-refractivity contribution < 1.29 is 63.7 Å². The number of aliphatic hydroxyl groups is 1. The van der Waals surface area contributed by atoms with Gasteiger partial charge in [0, 0.05) is 12.3 Å². The first-order chi connectivity index (χ1) is 19.2. The molecule has 3 rings (SSSR count). The van der Waals surface area contributed by atoms with Crippen molar-refractivity contribution in [2.45, 2.75) is 62.5 Å². The number of alkyl halides is 7.